The van der Waals surface area contributed by atoms with E-state index in [0.29, 0.717) is 11.3 Å². The maximum Gasteiger partial charge on any atom is 0.237 e. The van der Waals surface area contributed by atoms with Crippen LogP contribution in [0.2, 0.25) is 0 Å². The van der Waals surface area contributed by atoms with Gasteiger partial charge in [0.2, 0.25) is 11.8 Å². The Labute approximate surface area is 141 Å². The molecule has 3 rings (SSSR count). The number of para-hydroxylation sites is 1. The Morgan fingerprint density at radius 3 is 2.96 bits per heavy atom. The number of carbonyl (C=O) groups excluding carboxylic acids is 1. The number of nitrogens with one attached hydrogen (secondary N) is 1. The Morgan fingerprint density at radius 2 is 2.22 bits per heavy atom. The third-order valence-corrected chi connectivity index (χ3v) is 5.53. The number of furan rings is 1. The summed E-state index contributed by atoms with van der Waals surface area (Å²) in [5, 5.41) is 11.8. The van der Waals surface area contributed by atoms with E-state index in [4.69, 9.17) is 9.68 Å². The minimum absolute atomic E-state index is 0.212. The Hall–Kier alpha value is -2.30. The quantitative estimate of drug-likeness (QED) is 0.721. The van der Waals surface area contributed by atoms with Gasteiger partial charge in [0.25, 0.3) is 0 Å². The molecule has 3 aromatic rings. The first-order valence-corrected chi connectivity index (χ1v) is 8.67. The van der Waals surface area contributed by atoms with Gasteiger partial charge in [0.1, 0.15) is 17.4 Å². The van der Waals surface area contributed by atoms with E-state index in [1.807, 2.05) is 24.3 Å². The number of aromatic nitrogens is 1. The second-order valence-corrected chi connectivity index (χ2v) is 7.14. The molecule has 0 fully saturated rings. The Morgan fingerprint density at radius 1 is 1.43 bits per heavy atom. The van der Waals surface area contributed by atoms with Gasteiger partial charge in [-0.3, -0.25) is 10.1 Å². The first-order chi connectivity index (χ1) is 11.1. The fraction of sp³-hybridized carbons (Fsp3) is 0.188. The highest BCUT2D eigenvalue weighted by atomic mass is 32.2. The largest absolute Gasteiger partial charge is 0.444 e. The molecule has 2 aromatic heterocycles. The predicted molar refractivity (Wildman–Crippen MR) is 91.9 cm³/mol. The second kappa shape index (κ2) is 6.44. The molecule has 1 N–H and O–H groups in total. The van der Waals surface area contributed by atoms with E-state index in [9.17, 15) is 4.79 Å². The molecule has 0 saturated carbocycles. The van der Waals surface area contributed by atoms with Gasteiger partial charge < -0.3 is 4.42 Å². The molecule has 1 amide bonds. The molecule has 0 spiro atoms. The van der Waals surface area contributed by atoms with Crippen molar-refractivity contribution in [2.75, 3.05) is 11.1 Å². The van der Waals surface area contributed by atoms with Crippen molar-refractivity contribution in [1.29, 1.82) is 5.26 Å². The Balaban J connectivity index is 1.66. The smallest absolute Gasteiger partial charge is 0.237 e. The van der Waals surface area contributed by atoms with Crippen molar-refractivity contribution in [3.8, 4) is 6.07 Å². The number of aryl methyl sites for hydroxylation is 1. The first-order valence-electron chi connectivity index (χ1n) is 6.87. The van der Waals surface area contributed by atoms with Crippen molar-refractivity contribution in [3.63, 3.8) is 0 Å². The standard InChI is InChI=1S/C16H13N3O2S2/c1-9-10(2)21-15(11(9)7-17)19-14(20)8-22-16-18-12-5-3-4-6-13(12)23-16/h3-6H,8H2,1-2H3,(H,19,20). The van der Waals surface area contributed by atoms with Crippen LogP contribution in [0.4, 0.5) is 5.88 Å². The third-order valence-electron chi connectivity index (χ3n) is 3.35. The summed E-state index contributed by atoms with van der Waals surface area (Å²) in [5.74, 6) is 0.844. The van der Waals surface area contributed by atoms with Crippen LogP contribution in [0.5, 0.6) is 0 Å². The zero-order chi connectivity index (χ0) is 16.4. The fourth-order valence-corrected chi connectivity index (χ4v) is 3.92. The van der Waals surface area contributed by atoms with Gasteiger partial charge in [0.05, 0.1) is 16.0 Å². The highest BCUT2D eigenvalue weighted by Gasteiger charge is 2.17. The van der Waals surface area contributed by atoms with E-state index >= 15 is 0 Å². The lowest BCUT2D eigenvalue weighted by molar-refractivity contribution is -0.113. The second-order valence-electron chi connectivity index (χ2n) is 4.88. The molecular formula is C16H13N3O2S2. The summed E-state index contributed by atoms with van der Waals surface area (Å²) in [6, 6.07) is 9.91. The van der Waals surface area contributed by atoms with Crippen molar-refractivity contribution in [2.45, 2.75) is 18.2 Å². The molecule has 0 aliphatic heterocycles. The lowest BCUT2D eigenvalue weighted by Crippen LogP contribution is -2.14. The Bertz CT molecular complexity index is 888. The summed E-state index contributed by atoms with van der Waals surface area (Å²) in [4.78, 5) is 16.5. The van der Waals surface area contributed by atoms with Crippen molar-refractivity contribution in [2.24, 2.45) is 0 Å². The van der Waals surface area contributed by atoms with Crippen LogP contribution in [0.25, 0.3) is 10.2 Å². The van der Waals surface area contributed by atoms with Crippen LogP contribution in [0.1, 0.15) is 16.9 Å². The van der Waals surface area contributed by atoms with E-state index in [-0.39, 0.29) is 17.5 Å². The molecule has 1 aromatic carbocycles. The average Bonchev–Trinajstić information content (AvgIpc) is 3.06. The molecule has 0 bridgehead atoms. The van der Waals surface area contributed by atoms with Crippen LogP contribution in [0.15, 0.2) is 33.0 Å². The lowest BCUT2D eigenvalue weighted by Gasteiger charge is -2.01. The molecule has 23 heavy (non-hydrogen) atoms. The zero-order valence-corrected chi connectivity index (χ0v) is 14.2. The van der Waals surface area contributed by atoms with Gasteiger partial charge in [0, 0.05) is 5.56 Å². The molecule has 0 unspecified atom stereocenters. The van der Waals surface area contributed by atoms with Crippen molar-refractivity contribution < 1.29 is 9.21 Å². The van der Waals surface area contributed by atoms with Crippen molar-refractivity contribution in [1.82, 2.24) is 4.98 Å². The highest BCUT2D eigenvalue weighted by Crippen LogP contribution is 2.30. The molecule has 116 valence electrons. The lowest BCUT2D eigenvalue weighted by atomic mass is 10.2. The normalized spacial score (nSPS) is 10.7. The van der Waals surface area contributed by atoms with E-state index in [1.54, 1.807) is 25.2 Å². The molecule has 0 saturated heterocycles. The summed E-state index contributed by atoms with van der Waals surface area (Å²) in [6.07, 6.45) is 0. The van der Waals surface area contributed by atoms with Gasteiger partial charge in [-0.15, -0.1) is 11.3 Å². The van der Waals surface area contributed by atoms with Crippen LogP contribution in [-0.4, -0.2) is 16.6 Å². The number of nitriles is 1. The van der Waals surface area contributed by atoms with Crippen LogP contribution >= 0.6 is 23.1 Å². The van der Waals surface area contributed by atoms with Gasteiger partial charge in [0.15, 0.2) is 4.34 Å². The molecule has 7 heteroatoms. The highest BCUT2D eigenvalue weighted by molar-refractivity contribution is 8.01. The summed E-state index contributed by atoms with van der Waals surface area (Å²) in [7, 11) is 0. The number of rotatable bonds is 4. The van der Waals surface area contributed by atoms with Crippen LogP contribution in [-0.2, 0) is 4.79 Å². The van der Waals surface area contributed by atoms with Crippen LogP contribution in [0.3, 0.4) is 0 Å². The fourth-order valence-electron chi connectivity index (χ4n) is 2.05. The number of carbonyl (C=O) groups is 1. The number of fused-ring (bicyclic) bond motifs is 1. The number of thiazole rings is 1. The summed E-state index contributed by atoms with van der Waals surface area (Å²) < 4.78 is 7.37. The third kappa shape index (κ3) is 3.23. The summed E-state index contributed by atoms with van der Waals surface area (Å²) in [6.45, 7) is 3.56. The number of benzene rings is 1. The van der Waals surface area contributed by atoms with E-state index in [1.165, 1.54) is 11.8 Å². The SMILES string of the molecule is Cc1oc(NC(=O)CSc2nc3ccccc3s2)c(C#N)c1C. The van der Waals surface area contributed by atoms with Gasteiger partial charge in [-0.2, -0.15) is 5.26 Å². The number of thioether (sulfide) groups is 1. The number of hydrogen-bond donors (Lipinski definition) is 1. The minimum atomic E-state index is -0.223. The number of amides is 1. The van der Waals surface area contributed by atoms with E-state index < -0.39 is 0 Å². The maximum atomic E-state index is 12.1. The van der Waals surface area contributed by atoms with Crippen LogP contribution in [0, 0.1) is 25.2 Å². The number of nitrogens with zero attached hydrogens (tertiary/aromatic N) is 2. The Kier molecular flexibility index (Phi) is 4.37. The summed E-state index contributed by atoms with van der Waals surface area (Å²) >= 11 is 2.92. The van der Waals surface area contributed by atoms with Gasteiger partial charge in [-0.1, -0.05) is 23.9 Å². The van der Waals surface area contributed by atoms with Crippen molar-refractivity contribution >= 4 is 45.1 Å². The minimum Gasteiger partial charge on any atom is -0.444 e. The zero-order valence-electron chi connectivity index (χ0n) is 12.5. The monoisotopic (exact) mass is 343 g/mol. The average molecular weight is 343 g/mol. The molecule has 0 aliphatic rings. The molecule has 5 nitrogen and oxygen atoms in total. The molecule has 0 radical (unpaired) electrons. The number of anilines is 1. The van der Waals surface area contributed by atoms with Gasteiger partial charge in [-0.25, -0.2) is 4.98 Å². The topological polar surface area (TPSA) is 78.9 Å². The number of hydrogen-bond acceptors (Lipinski definition) is 6. The molecule has 0 aliphatic carbocycles. The summed E-state index contributed by atoms with van der Waals surface area (Å²) in [5.41, 5.74) is 2.06. The van der Waals surface area contributed by atoms with E-state index in [2.05, 4.69) is 16.4 Å². The molecule has 0 atom stereocenters. The predicted octanol–water partition coefficient (Wildman–Crippen LogP) is 4.11. The molecule has 2 heterocycles. The first kappa shape index (κ1) is 15.6. The van der Waals surface area contributed by atoms with Gasteiger partial charge in [-0.05, 0) is 26.0 Å². The van der Waals surface area contributed by atoms with Crippen molar-refractivity contribution in [3.05, 3.63) is 41.2 Å². The van der Waals surface area contributed by atoms with Gasteiger partial charge >= 0.3 is 0 Å². The molecular weight excluding hydrogens is 330 g/mol. The van der Waals surface area contributed by atoms with E-state index in [0.717, 1.165) is 20.1 Å². The van der Waals surface area contributed by atoms with Crippen LogP contribution < -0.4 is 5.32 Å². The maximum absolute atomic E-state index is 12.1.